The molecule has 1 N–H and O–H groups in total. The monoisotopic (exact) mass is 392 g/mol. The minimum atomic E-state index is 0.0334. The van der Waals surface area contributed by atoms with Crippen molar-refractivity contribution in [3.63, 3.8) is 0 Å². The third-order valence-corrected chi connectivity index (χ3v) is 4.91. The number of benzene rings is 2. The van der Waals surface area contributed by atoms with Crippen LogP contribution in [0.15, 0.2) is 48.7 Å². The largest absolute Gasteiger partial charge is 0.379 e. The van der Waals surface area contributed by atoms with Gasteiger partial charge in [-0.05, 0) is 49.7 Å². The second kappa shape index (κ2) is 8.73. The molecule has 5 nitrogen and oxygen atoms in total. The molecular formula is C22H21ClN4O. The Labute approximate surface area is 169 Å². The van der Waals surface area contributed by atoms with Gasteiger partial charge in [0.05, 0.1) is 16.8 Å². The topological polar surface area (TPSA) is 69.0 Å². The summed E-state index contributed by atoms with van der Waals surface area (Å²) in [7, 11) is 0. The molecule has 6 heteroatoms. The summed E-state index contributed by atoms with van der Waals surface area (Å²) in [5, 5.41) is 14.2. The number of anilines is 1. The summed E-state index contributed by atoms with van der Waals surface area (Å²) in [5.41, 5.74) is 3.62. The molecule has 0 aliphatic rings. The molecule has 0 saturated carbocycles. The van der Waals surface area contributed by atoms with E-state index in [2.05, 4.69) is 16.4 Å². The van der Waals surface area contributed by atoms with Crippen molar-refractivity contribution in [3.8, 4) is 6.07 Å². The van der Waals surface area contributed by atoms with E-state index in [-0.39, 0.29) is 5.91 Å². The third-order valence-electron chi connectivity index (χ3n) is 4.67. The number of rotatable bonds is 6. The zero-order chi connectivity index (χ0) is 20.1. The molecule has 1 heterocycles. The molecule has 0 radical (unpaired) electrons. The minimum absolute atomic E-state index is 0.0334. The van der Waals surface area contributed by atoms with Gasteiger partial charge >= 0.3 is 0 Å². The number of carbonyl (C=O) groups excluding carboxylic acids is 1. The lowest BCUT2D eigenvalue weighted by Crippen LogP contribution is -2.30. The summed E-state index contributed by atoms with van der Waals surface area (Å²) >= 11 is 6.13. The maximum Gasteiger partial charge on any atom is 0.253 e. The highest BCUT2D eigenvalue weighted by Gasteiger charge is 2.13. The van der Waals surface area contributed by atoms with Crippen molar-refractivity contribution < 1.29 is 4.79 Å². The molecular weight excluding hydrogens is 372 g/mol. The van der Waals surface area contributed by atoms with Crippen LogP contribution < -0.4 is 5.32 Å². The van der Waals surface area contributed by atoms with Gasteiger partial charge in [-0.2, -0.15) is 5.26 Å². The van der Waals surface area contributed by atoms with Crippen LogP contribution in [0, 0.1) is 11.3 Å². The Kier molecular flexibility index (Phi) is 6.13. The van der Waals surface area contributed by atoms with Gasteiger partial charge in [-0.15, -0.1) is 0 Å². The van der Waals surface area contributed by atoms with Crippen molar-refractivity contribution in [1.29, 1.82) is 5.26 Å². The summed E-state index contributed by atoms with van der Waals surface area (Å²) in [6.07, 6.45) is 1.56. The first-order chi connectivity index (χ1) is 13.6. The van der Waals surface area contributed by atoms with Crippen LogP contribution >= 0.6 is 11.6 Å². The third kappa shape index (κ3) is 4.08. The fraction of sp³-hybridized carbons (Fsp3) is 0.227. The number of carbonyl (C=O) groups is 1. The van der Waals surface area contributed by atoms with E-state index < -0.39 is 0 Å². The average molecular weight is 393 g/mol. The van der Waals surface area contributed by atoms with E-state index in [0.29, 0.717) is 41.5 Å². The molecule has 0 bridgehead atoms. The van der Waals surface area contributed by atoms with Gasteiger partial charge in [-0.1, -0.05) is 23.7 Å². The number of amides is 1. The van der Waals surface area contributed by atoms with Crippen molar-refractivity contribution in [2.24, 2.45) is 0 Å². The summed E-state index contributed by atoms with van der Waals surface area (Å²) in [6.45, 7) is 5.83. The van der Waals surface area contributed by atoms with E-state index in [0.717, 1.165) is 16.5 Å². The van der Waals surface area contributed by atoms with Crippen LogP contribution in [0.4, 0.5) is 5.69 Å². The molecule has 3 aromatic rings. The SMILES string of the molecule is CCN(CC)C(=O)c1ccc(CNc2c(C#N)cnc3ccc(Cl)cc23)cc1. The van der Waals surface area contributed by atoms with Crippen LogP contribution in [0.5, 0.6) is 0 Å². The molecule has 0 saturated heterocycles. The highest BCUT2D eigenvalue weighted by molar-refractivity contribution is 6.31. The Morgan fingerprint density at radius 3 is 2.54 bits per heavy atom. The van der Waals surface area contributed by atoms with Crippen LogP contribution in [-0.2, 0) is 6.54 Å². The highest BCUT2D eigenvalue weighted by atomic mass is 35.5. The number of nitrogens with zero attached hydrogens (tertiary/aromatic N) is 3. The van der Waals surface area contributed by atoms with E-state index in [1.165, 1.54) is 0 Å². The Hall–Kier alpha value is -3.10. The lowest BCUT2D eigenvalue weighted by Gasteiger charge is -2.18. The number of nitriles is 1. The standard InChI is InChI=1S/C22H21ClN4O/c1-3-27(4-2)22(28)16-7-5-15(6-8-16)13-26-21-17(12-24)14-25-20-10-9-18(23)11-19(20)21/h5-11,14H,3-4,13H2,1-2H3,(H,25,26). The van der Waals surface area contributed by atoms with Crippen LogP contribution in [0.3, 0.4) is 0 Å². The number of hydrogen-bond acceptors (Lipinski definition) is 4. The first-order valence-corrected chi connectivity index (χ1v) is 9.55. The Balaban J connectivity index is 1.82. The van der Waals surface area contributed by atoms with Crippen LogP contribution in [0.25, 0.3) is 10.9 Å². The van der Waals surface area contributed by atoms with Crippen molar-refractivity contribution in [2.75, 3.05) is 18.4 Å². The van der Waals surface area contributed by atoms with Crippen molar-refractivity contribution in [2.45, 2.75) is 20.4 Å². The lowest BCUT2D eigenvalue weighted by atomic mass is 10.1. The van der Waals surface area contributed by atoms with Crippen molar-refractivity contribution in [1.82, 2.24) is 9.88 Å². The Morgan fingerprint density at radius 1 is 1.18 bits per heavy atom. The highest BCUT2D eigenvalue weighted by Crippen LogP contribution is 2.28. The van der Waals surface area contributed by atoms with Gasteiger partial charge in [0.25, 0.3) is 5.91 Å². The van der Waals surface area contributed by atoms with E-state index >= 15 is 0 Å². The van der Waals surface area contributed by atoms with Crippen LogP contribution in [-0.4, -0.2) is 28.9 Å². The average Bonchev–Trinajstić information content (AvgIpc) is 2.73. The number of pyridine rings is 1. The van der Waals surface area contributed by atoms with Crippen molar-refractivity contribution in [3.05, 3.63) is 70.4 Å². The molecule has 0 aliphatic heterocycles. The number of fused-ring (bicyclic) bond motifs is 1. The summed E-state index contributed by atoms with van der Waals surface area (Å²) in [4.78, 5) is 18.5. The zero-order valence-electron chi connectivity index (χ0n) is 15.9. The molecule has 0 fully saturated rings. The second-order valence-electron chi connectivity index (χ2n) is 6.35. The maximum absolute atomic E-state index is 12.4. The van der Waals surface area contributed by atoms with Gasteiger partial charge in [-0.3, -0.25) is 9.78 Å². The van der Waals surface area contributed by atoms with Crippen LogP contribution in [0.1, 0.15) is 35.3 Å². The smallest absolute Gasteiger partial charge is 0.253 e. The van der Waals surface area contributed by atoms with Gasteiger partial charge in [0, 0.05) is 41.8 Å². The normalized spacial score (nSPS) is 10.5. The van der Waals surface area contributed by atoms with Gasteiger partial charge in [0.1, 0.15) is 6.07 Å². The summed E-state index contributed by atoms with van der Waals surface area (Å²) < 4.78 is 0. The molecule has 0 atom stereocenters. The first-order valence-electron chi connectivity index (χ1n) is 9.17. The predicted octanol–water partition coefficient (Wildman–Crippen LogP) is 4.85. The van der Waals surface area contributed by atoms with Gasteiger partial charge in [0.2, 0.25) is 0 Å². The Morgan fingerprint density at radius 2 is 1.89 bits per heavy atom. The van der Waals surface area contributed by atoms with E-state index in [4.69, 9.17) is 11.6 Å². The molecule has 0 unspecified atom stereocenters. The molecule has 2 aromatic carbocycles. The molecule has 1 aromatic heterocycles. The fourth-order valence-corrected chi connectivity index (χ4v) is 3.26. The lowest BCUT2D eigenvalue weighted by molar-refractivity contribution is 0.0773. The maximum atomic E-state index is 12.4. The molecule has 3 rings (SSSR count). The molecule has 0 spiro atoms. The zero-order valence-corrected chi connectivity index (χ0v) is 16.6. The second-order valence-corrected chi connectivity index (χ2v) is 6.78. The van der Waals surface area contributed by atoms with E-state index in [1.807, 2.05) is 44.2 Å². The molecule has 28 heavy (non-hydrogen) atoms. The van der Waals surface area contributed by atoms with Gasteiger partial charge < -0.3 is 10.2 Å². The number of halogens is 1. The number of hydrogen-bond donors (Lipinski definition) is 1. The van der Waals surface area contributed by atoms with E-state index in [1.54, 1.807) is 23.2 Å². The molecule has 142 valence electrons. The number of nitrogens with one attached hydrogen (secondary N) is 1. The first kappa shape index (κ1) is 19.7. The fourth-order valence-electron chi connectivity index (χ4n) is 3.09. The minimum Gasteiger partial charge on any atom is -0.379 e. The summed E-state index contributed by atoms with van der Waals surface area (Å²) in [6, 6.07) is 15.1. The van der Waals surface area contributed by atoms with E-state index in [9.17, 15) is 10.1 Å². The number of aromatic nitrogens is 1. The molecule has 0 aliphatic carbocycles. The van der Waals surface area contributed by atoms with Gasteiger partial charge in [-0.25, -0.2) is 0 Å². The summed E-state index contributed by atoms with van der Waals surface area (Å²) in [5.74, 6) is 0.0334. The quantitative estimate of drug-likeness (QED) is 0.650. The molecule has 1 amide bonds. The van der Waals surface area contributed by atoms with Crippen LogP contribution in [0.2, 0.25) is 5.02 Å². The van der Waals surface area contributed by atoms with Gasteiger partial charge in [0.15, 0.2) is 0 Å². The predicted molar refractivity (Wildman–Crippen MR) is 112 cm³/mol. The van der Waals surface area contributed by atoms with Crippen molar-refractivity contribution >= 4 is 34.1 Å². The Bertz CT molecular complexity index is 1040.